The first-order valence-electron chi connectivity index (χ1n) is 10.2. The highest BCUT2D eigenvalue weighted by Crippen LogP contribution is 2.32. The van der Waals surface area contributed by atoms with Crippen LogP contribution in [0.15, 0.2) is 24.3 Å². The highest BCUT2D eigenvalue weighted by Gasteiger charge is 2.34. The molecule has 1 aromatic rings. The minimum absolute atomic E-state index is 0. The van der Waals surface area contributed by atoms with Crippen LogP contribution in [-0.4, -0.2) is 41.4 Å². The van der Waals surface area contributed by atoms with Crippen molar-refractivity contribution in [2.24, 2.45) is 11.7 Å². The number of carbonyl (C=O) groups excluding carboxylic acids is 2. The number of benzene rings is 1. The molecule has 3 saturated heterocycles. The fourth-order valence-corrected chi connectivity index (χ4v) is 5.14. The lowest BCUT2D eigenvalue weighted by Gasteiger charge is -2.28. The molecule has 0 aromatic heterocycles. The lowest BCUT2D eigenvalue weighted by Crippen LogP contribution is -2.39. The normalized spacial score (nSPS) is 28.3. The van der Waals surface area contributed by atoms with Gasteiger partial charge < -0.3 is 16.4 Å². The van der Waals surface area contributed by atoms with Gasteiger partial charge in [-0.1, -0.05) is 12.1 Å². The summed E-state index contributed by atoms with van der Waals surface area (Å²) < 4.78 is 0. The number of hydrogen-bond acceptors (Lipinski definition) is 4. The molecule has 1 aromatic carbocycles. The number of piperidine rings is 1. The second kappa shape index (κ2) is 10.6. The van der Waals surface area contributed by atoms with Crippen molar-refractivity contribution in [1.82, 2.24) is 10.2 Å². The zero-order valence-corrected chi connectivity index (χ0v) is 18.3. The number of nitrogens with one attached hydrogen (secondary N) is 2. The van der Waals surface area contributed by atoms with Crippen molar-refractivity contribution in [3.63, 3.8) is 0 Å². The maximum absolute atomic E-state index is 12.5. The zero-order valence-electron chi connectivity index (χ0n) is 16.6. The standard InChI is InChI=1S/C21H30N4O2.2ClH/c22-21(27)19-5-2-8-25(19)13-14-3-1-4-16(9-14)24-20(26)12-15-10-17-6-7-18(11-15)23-17;;/h1,3-4,9,15,17-19,23H,2,5-8,10-13H2,(H2,22,27)(H,24,26);2*1H. The first kappa shape index (κ1) is 23.9. The third-order valence-electron chi connectivity index (χ3n) is 6.33. The van der Waals surface area contributed by atoms with E-state index >= 15 is 0 Å². The summed E-state index contributed by atoms with van der Waals surface area (Å²) in [6.07, 6.45) is 7.20. The fraction of sp³-hybridized carbons (Fsp3) is 0.619. The Morgan fingerprint density at radius 3 is 2.55 bits per heavy atom. The number of nitrogens with zero attached hydrogens (tertiary/aromatic N) is 1. The highest BCUT2D eigenvalue weighted by molar-refractivity contribution is 5.91. The van der Waals surface area contributed by atoms with E-state index in [-0.39, 0.29) is 42.7 Å². The molecule has 0 saturated carbocycles. The molecule has 2 bridgehead atoms. The van der Waals surface area contributed by atoms with E-state index in [9.17, 15) is 9.59 Å². The maximum Gasteiger partial charge on any atom is 0.234 e. The summed E-state index contributed by atoms with van der Waals surface area (Å²) in [5.74, 6) is 0.357. The minimum Gasteiger partial charge on any atom is -0.368 e. The minimum atomic E-state index is -0.243. The second-order valence-electron chi connectivity index (χ2n) is 8.46. The molecule has 3 aliphatic rings. The molecule has 0 spiro atoms. The lowest BCUT2D eigenvalue weighted by molar-refractivity contribution is -0.122. The van der Waals surface area contributed by atoms with Gasteiger partial charge in [0.25, 0.3) is 0 Å². The molecule has 162 valence electrons. The van der Waals surface area contributed by atoms with E-state index in [1.165, 1.54) is 12.8 Å². The van der Waals surface area contributed by atoms with Gasteiger partial charge in [0.15, 0.2) is 0 Å². The van der Waals surface area contributed by atoms with E-state index in [1.54, 1.807) is 0 Å². The molecule has 29 heavy (non-hydrogen) atoms. The summed E-state index contributed by atoms with van der Waals surface area (Å²) in [5.41, 5.74) is 7.44. The van der Waals surface area contributed by atoms with Crippen LogP contribution in [-0.2, 0) is 16.1 Å². The Morgan fingerprint density at radius 1 is 1.14 bits per heavy atom. The van der Waals surface area contributed by atoms with Crippen molar-refractivity contribution in [1.29, 1.82) is 0 Å². The van der Waals surface area contributed by atoms with Crippen LogP contribution < -0.4 is 16.4 Å². The number of anilines is 1. The van der Waals surface area contributed by atoms with Crippen molar-refractivity contribution in [2.75, 3.05) is 11.9 Å². The number of halogens is 2. The summed E-state index contributed by atoms with van der Waals surface area (Å²) in [7, 11) is 0. The van der Waals surface area contributed by atoms with Crippen molar-refractivity contribution in [2.45, 2.75) is 69.6 Å². The molecule has 0 radical (unpaired) electrons. The van der Waals surface area contributed by atoms with Gasteiger partial charge in [0.1, 0.15) is 0 Å². The molecule has 0 aliphatic carbocycles. The Morgan fingerprint density at radius 2 is 1.86 bits per heavy atom. The number of fused-ring (bicyclic) bond motifs is 2. The number of likely N-dealkylation sites (tertiary alicyclic amines) is 1. The van der Waals surface area contributed by atoms with E-state index in [4.69, 9.17) is 5.73 Å². The van der Waals surface area contributed by atoms with Gasteiger partial charge in [-0.05, 0) is 68.7 Å². The Kier molecular flexibility index (Phi) is 8.76. The van der Waals surface area contributed by atoms with Crippen LogP contribution >= 0.6 is 24.8 Å². The van der Waals surface area contributed by atoms with Gasteiger partial charge in [-0.25, -0.2) is 0 Å². The molecular formula is C21H32Cl2N4O2. The molecule has 4 N–H and O–H groups in total. The number of hydrogen-bond donors (Lipinski definition) is 3. The van der Waals surface area contributed by atoms with Crippen molar-refractivity contribution in [3.05, 3.63) is 29.8 Å². The van der Waals surface area contributed by atoms with Crippen LogP contribution in [0.4, 0.5) is 5.69 Å². The number of amides is 2. The predicted molar refractivity (Wildman–Crippen MR) is 119 cm³/mol. The van der Waals surface area contributed by atoms with Crippen LogP contribution in [0.2, 0.25) is 0 Å². The Hall–Kier alpha value is -1.34. The number of carbonyl (C=O) groups is 2. The van der Waals surface area contributed by atoms with Crippen LogP contribution in [0.3, 0.4) is 0 Å². The van der Waals surface area contributed by atoms with Crippen LogP contribution in [0.5, 0.6) is 0 Å². The Balaban J connectivity index is 0.00000150. The largest absolute Gasteiger partial charge is 0.368 e. The second-order valence-corrected chi connectivity index (χ2v) is 8.46. The van der Waals surface area contributed by atoms with Gasteiger partial charge in [-0.2, -0.15) is 0 Å². The molecule has 3 unspecified atom stereocenters. The van der Waals surface area contributed by atoms with E-state index in [1.807, 2.05) is 24.3 Å². The molecule has 3 heterocycles. The average molecular weight is 443 g/mol. The van der Waals surface area contributed by atoms with Gasteiger partial charge in [0.05, 0.1) is 6.04 Å². The molecular weight excluding hydrogens is 411 g/mol. The van der Waals surface area contributed by atoms with Crippen LogP contribution in [0.1, 0.15) is 50.5 Å². The lowest BCUT2D eigenvalue weighted by atomic mass is 9.89. The Labute approximate surface area is 185 Å². The average Bonchev–Trinajstić information content (AvgIpc) is 3.21. The van der Waals surface area contributed by atoms with Crippen molar-refractivity contribution >= 4 is 42.3 Å². The van der Waals surface area contributed by atoms with Crippen molar-refractivity contribution < 1.29 is 9.59 Å². The van der Waals surface area contributed by atoms with Gasteiger partial charge in [-0.15, -0.1) is 24.8 Å². The number of primary amides is 1. The van der Waals surface area contributed by atoms with Gasteiger partial charge in [0.2, 0.25) is 11.8 Å². The van der Waals surface area contributed by atoms with Crippen LogP contribution in [0.25, 0.3) is 0 Å². The summed E-state index contributed by atoms with van der Waals surface area (Å²) >= 11 is 0. The van der Waals surface area contributed by atoms with Gasteiger partial charge in [0, 0.05) is 30.7 Å². The maximum atomic E-state index is 12.5. The van der Waals surface area contributed by atoms with Crippen LogP contribution in [0, 0.1) is 5.92 Å². The summed E-state index contributed by atoms with van der Waals surface area (Å²) in [4.78, 5) is 26.2. The predicted octanol–water partition coefficient (Wildman–Crippen LogP) is 2.84. The first-order valence-corrected chi connectivity index (χ1v) is 10.2. The van der Waals surface area contributed by atoms with Crippen molar-refractivity contribution in [3.8, 4) is 0 Å². The Bertz CT molecular complexity index is 706. The molecule has 4 rings (SSSR count). The van der Waals surface area contributed by atoms with E-state index in [2.05, 4.69) is 15.5 Å². The monoisotopic (exact) mass is 442 g/mol. The topological polar surface area (TPSA) is 87.5 Å². The first-order chi connectivity index (χ1) is 13.1. The van der Waals surface area contributed by atoms with Gasteiger partial charge in [-0.3, -0.25) is 14.5 Å². The zero-order chi connectivity index (χ0) is 18.8. The fourth-order valence-electron chi connectivity index (χ4n) is 5.14. The number of nitrogens with two attached hydrogens (primary N) is 1. The third-order valence-corrected chi connectivity index (χ3v) is 6.33. The molecule has 6 nitrogen and oxygen atoms in total. The molecule has 3 atom stereocenters. The summed E-state index contributed by atoms with van der Waals surface area (Å²) in [6.45, 7) is 1.58. The smallest absolute Gasteiger partial charge is 0.234 e. The van der Waals surface area contributed by atoms with E-state index < -0.39 is 0 Å². The molecule has 8 heteroatoms. The summed E-state index contributed by atoms with van der Waals surface area (Å²) in [6, 6.07) is 9.01. The quantitative estimate of drug-likeness (QED) is 0.631. The number of rotatable bonds is 6. The SMILES string of the molecule is Cl.Cl.NC(=O)C1CCCN1Cc1cccc(NC(=O)CC2CC3CCC(C2)N3)c1. The highest BCUT2D eigenvalue weighted by atomic mass is 35.5. The van der Waals surface area contributed by atoms with Gasteiger partial charge >= 0.3 is 0 Å². The molecule has 3 fully saturated rings. The van der Waals surface area contributed by atoms with E-state index in [0.717, 1.165) is 43.5 Å². The third kappa shape index (κ3) is 6.07. The molecule has 2 amide bonds. The van der Waals surface area contributed by atoms with E-state index in [0.29, 0.717) is 31.0 Å². The molecule has 3 aliphatic heterocycles. The summed E-state index contributed by atoms with van der Waals surface area (Å²) in [5, 5.41) is 6.70.